The summed E-state index contributed by atoms with van der Waals surface area (Å²) in [5.41, 5.74) is 1.33. The summed E-state index contributed by atoms with van der Waals surface area (Å²) in [5.74, 6) is 0.440. The summed E-state index contributed by atoms with van der Waals surface area (Å²) in [4.78, 5) is 14.0. The zero-order chi connectivity index (χ0) is 16.4. The van der Waals surface area contributed by atoms with Crippen LogP contribution in [0.1, 0.15) is 37.7 Å². The van der Waals surface area contributed by atoms with Crippen LogP contribution in [0.15, 0.2) is 24.3 Å². The summed E-state index contributed by atoms with van der Waals surface area (Å²) in [5, 5.41) is 13.2. The van der Waals surface area contributed by atoms with Gasteiger partial charge in [0.05, 0.1) is 6.10 Å². The van der Waals surface area contributed by atoms with Crippen LogP contribution in [-0.2, 0) is 5.41 Å². The minimum atomic E-state index is -0.167. The highest BCUT2D eigenvalue weighted by atomic mass is 35.5. The lowest BCUT2D eigenvalue weighted by Crippen LogP contribution is -2.50. The molecule has 0 aromatic heterocycles. The molecule has 1 aromatic carbocycles. The van der Waals surface area contributed by atoms with E-state index >= 15 is 0 Å². The molecule has 2 amide bonds. The number of carbonyl (C=O) groups is 1. The Bertz CT molecular complexity index is 551. The highest BCUT2D eigenvalue weighted by Gasteiger charge is 2.39. The van der Waals surface area contributed by atoms with Gasteiger partial charge >= 0.3 is 6.03 Å². The number of urea groups is 1. The number of hydrogen-bond donors (Lipinski definition) is 2. The minimum Gasteiger partial charge on any atom is -0.393 e. The molecule has 0 spiro atoms. The summed E-state index contributed by atoms with van der Waals surface area (Å²) in [6, 6.07) is 7.98. The van der Waals surface area contributed by atoms with Crippen LogP contribution in [0.25, 0.3) is 0 Å². The van der Waals surface area contributed by atoms with E-state index in [4.69, 9.17) is 11.6 Å². The highest BCUT2D eigenvalue weighted by molar-refractivity contribution is 6.30. The molecule has 126 valence electrons. The van der Waals surface area contributed by atoms with Crippen LogP contribution < -0.4 is 5.32 Å². The smallest absolute Gasteiger partial charge is 0.317 e. The Kier molecular flexibility index (Phi) is 4.83. The van der Waals surface area contributed by atoms with Crippen LogP contribution >= 0.6 is 11.6 Å². The van der Waals surface area contributed by atoms with E-state index in [9.17, 15) is 9.90 Å². The number of benzene rings is 1. The van der Waals surface area contributed by atoms with E-state index in [1.54, 1.807) is 4.90 Å². The molecule has 0 unspecified atom stereocenters. The Morgan fingerprint density at radius 1 is 1.35 bits per heavy atom. The van der Waals surface area contributed by atoms with Gasteiger partial charge in [0.15, 0.2) is 0 Å². The van der Waals surface area contributed by atoms with Crippen LogP contribution in [0.2, 0.25) is 5.02 Å². The monoisotopic (exact) mass is 336 g/mol. The number of rotatable bonds is 5. The van der Waals surface area contributed by atoms with Crippen molar-refractivity contribution in [3.8, 4) is 0 Å². The fourth-order valence-corrected chi connectivity index (χ4v) is 3.80. The average molecular weight is 337 g/mol. The number of nitrogens with zero attached hydrogens (tertiary/aromatic N) is 1. The Labute approximate surface area is 142 Å². The van der Waals surface area contributed by atoms with Gasteiger partial charge in [-0.1, -0.05) is 30.2 Å². The zero-order valence-corrected chi connectivity index (χ0v) is 14.4. The third-order valence-electron chi connectivity index (χ3n) is 5.43. The number of aliphatic hydroxyl groups excluding tert-OH is 1. The zero-order valence-electron chi connectivity index (χ0n) is 13.6. The maximum atomic E-state index is 12.3. The number of nitrogens with one attached hydrogen (secondary N) is 1. The van der Waals surface area contributed by atoms with Crippen molar-refractivity contribution in [2.24, 2.45) is 5.92 Å². The predicted molar refractivity (Wildman–Crippen MR) is 91.7 cm³/mol. The Hall–Kier alpha value is -1.26. The summed E-state index contributed by atoms with van der Waals surface area (Å²) in [7, 11) is 1.83. The van der Waals surface area contributed by atoms with Gasteiger partial charge in [-0.15, -0.1) is 0 Å². The van der Waals surface area contributed by atoms with Crippen molar-refractivity contribution in [1.29, 1.82) is 0 Å². The first-order chi connectivity index (χ1) is 11.0. The van der Waals surface area contributed by atoms with Crippen molar-refractivity contribution < 1.29 is 9.90 Å². The molecule has 0 saturated heterocycles. The lowest BCUT2D eigenvalue weighted by molar-refractivity contribution is 0.0323. The van der Waals surface area contributed by atoms with Crippen molar-refractivity contribution in [1.82, 2.24) is 10.2 Å². The van der Waals surface area contributed by atoms with Crippen LogP contribution in [-0.4, -0.2) is 42.3 Å². The molecule has 5 heteroatoms. The SMILES string of the molecule is CN(CC1CC(O)C1)C(=O)NCC1(c2ccc(Cl)cc2)CCC1. The molecular weight excluding hydrogens is 312 g/mol. The molecule has 4 nitrogen and oxygen atoms in total. The lowest BCUT2D eigenvalue weighted by atomic mass is 9.64. The highest BCUT2D eigenvalue weighted by Crippen LogP contribution is 2.43. The molecule has 2 fully saturated rings. The molecule has 2 N–H and O–H groups in total. The van der Waals surface area contributed by atoms with Crippen molar-refractivity contribution in [3.05, 3.63) is 34.9 Å². The Morgan fingerprint density at radius 2 is 2.00 bits per heavy atom. The third kappa shape index (κ3) is 3.64. The van der Waals surface area contributed by atoms with Crippen molar-refractivity contribution in [3.63, 3.8) is 0 Å². The standard InChI is InChI=1S/C18H25ClN2O2/c1-21(11-13-9-16(22)10-13)17(23)20-12-18(7-2-8-18)14-3-5-15(19)6-4-14/h3-6,13,16,22H,2,7-12H2,1H3,(H,20,23). The number of carbonyl (C=O) groups excluding carboxylic acids is 1. The summed E-state index contributed by atoms with van der Waals surface area (Å²) >= 11 is 5.98. The molecule has 1 aromatic rings. The predicted octanol–water partition coefficient (Wildman–Crippen LogP) is 3.17. The minimum absolute atomic E-state index is 0.0216. The first-order valence-electron chi connectivity index (χ1n) is 8.42. The van der Waals surface area contributed by atoms with Crippen molar-refractivity contribution in [2.75, 3.05) is 20.1 Å². The second-order valence-electron chi connectivity index (χ2n) is 7.17. The molecule has 0 radical (unpaired) electrons. The van der Waals surface area contributed by atoms with Gasteiger partial charge in [0.25, 0.3) is 0 Å². The van der Waals surface area contributed by atoms with E-state index in [-0.39, 0.29) is 17.6 Å². The van der Waals surface area contributed by atoms with Crippen LogP contribution in [0.5, 0.6) is 0 Å². The molecular formula is C18H25ClN2O2. The maximum Gasteiger partial charge on any atom is 0.317 e. The van der Waals surface area contributed by atoms with E-state index in [0.29, 0.717) is 12.5 Å². The molecule has 23 heavy (non-hydrogen) atoms. The summed E-state index contributed by atoms with van der Waals surface area (Å²) in [6.07, 6.45) is 4.87. The van der Waals surface area contributed by atoms with Gasteiger partial charge in [-0.3, -0.25) is 0 Å². The van der Waals surface area contributed by atoms with Crippen LogP contribution in [0.4, 0.5) is 4.79 Å². The van der Waals surface area contributed by atoms with Crippen molar-refractivity contribution in [2.45, 2.75) is 43.6 Å². The number of aliphatic hydroxyl groups is 1. The Morgan fingerprint density at radius 3 is 2.52 bits per heavy atom. The second kappa shape index (κ2) is 6.70. The van der Waals surface area contributed by atoms with Gasteiger partial charge < -0.3 is 15.3 Å². The molecule has 3 rings (SSSR count). The first-order valence-corrected chi connectivity index (χ1v) is 8.79. The normalized spacial score (nSPS) is 25.2. The molecule has 2 aliphatic carbocycles. The van der Waals surface area contributed by atoms with Gasteiger partial charge in [0.1, 0.15) is 0 Å². The third-order valence-corrected chi connectivity index (χ3v) is 5.69. The topological polar surface area (TPSA) is 52.6 Å². The Balaban J connectivity index is 1.53. The number of amides is 2. The number of hydrogen-bond acceptors (Lipinski definition) is 2. The fourth-order valence-electron chi connectivity index (χ4n) is 3.67. The molecule has 2 saturated carbocycles. The molecule has 0 heterocycles. The molecule has 0 bridgehead atoms. The second-order valence-corrected chi connectivity index (χ2v) is 7.61. The van der Waals surface area contributed by atoms with Gasteiger partial charge in [0, 0.05) is 30.6 Å². The van der Waals surface area contributed by atoms with E-state index in [0.717, 1.165) is 37.3 Å². The summed E-state index contributed by atoms with van der Waals surface area (Å²) < 4.78 is 0. The van der Waals surface area contributed by atoms with Crippen LogP contribution in [0, 0.1) is 5.92 Å². The largest absolute Gasteiger partial charge is 0.393 e. The van der Waals surface area contributed by atoms with Crippen molar-refractivity contribution >= 4 is 17.6 Å². The van der Waals surface area contributed by atoms with E-state index < -0.39 is 0 Å². The first kappa shape index (κ1) is 16.6. The summed E-state index contributed by atoms with van der Waals surface area (Å²) in [6.45, 7) is 1.39. The maximum absolute atomic E-state index is 12.3. The quantitative estimate of drug-likeness (QED) is 0.867. The fraction of sp³-hybridized carbons (Fsp3) is 0.611. The average Bonchev–Trinajstić information content (AvgIpc) is 2.46. The van der Waals surface area contributed by atoms with Crippen LogP contribution in [0.3, 0.4) is 0 Å². The van der Waals surface area contributed by atoms with E-state index in [2.05, 4.69) is 17.4 Å². The van der Waals surface area contributed by atoms with Gasteiger partial charge in [-0.05, 0) is 49.3 Å². The van der Waals surface area contributed by atoms with E-state index in [1.807, 2.05) is 19.2 Å². The van der Waals surface area contributed by atoms with Gasteiger partial charge in [-0.2, -0.15) is 0 Å². The molecule has 0 atom stereocenters. The molecule has 2 aliphatic rings. The van der Waals surface area contributed by atoms with Gasteiger partial charge in [0.2, 0.25) is 0 Å². The number of halogens is 1. The molecule has 0 aliphatic heterocycles. The van der Waals surface area contributed by atoms with E-state index in [1.165, 1.54) is 12.0 Å². The lowest BCUT2D eigenvalue weighted by Gasteiger charge is -2.43. The van der Waals surface area contributed by atoms with Gasteiger partial charge in [-0.25, -0.2) is 4.79 Å².